The molecule has 68 valence electrons. The van der Waals surface area contributed by atoms with Gasteiger partial charge in [-0.3, -0.25) is 14.7 Å². The number of aromatic amines is 1. The van der Waals surface area contributed by atoms with Gasteiger partial charge in [0, 0.05) is 11.8 Å². The van der Waals surface area contributed by atoms with Gasteiger partial charge in [-0.25, -0.2) is 0 Å². The number of hydrogen-bond acceptors (Lipinski definition) is 3. The molecule has 0 spiro atoms. The molecule has 0 bridgehead atoms. The molecule has 1 aromatic rings. The van der Waals surface area contributed by atoms with E-state index in [-0.39, 0.29) is 6.42 Å². The van der Waals surface area contributed by atoms with Gasteiger partial charge in [-0.2, -0.15) is 5.10 Å². The summed E-state index contributed by atoms with van der Waals surface area (Å²) in [6.45, 7) is 0. The number of carboxylic acids is 1. The molecule has 0 aromatic carbocycles. The number of amides is 1. The van der Waals surface area contributed by atoms with Crippen molar-refractivity contribution in [1.29, 1.82) is 0 Å². The minimum absolute atomic E-state index is 0.201. The fourth-order valence-corrected chi connectivity index (χ4v) is 1.29. The maximum Gasteiger partial charge on any atom is 0.316 e. The molecule has 1 aliphatic rings. The van der Waals surface area contributed by atoms with Crippen LogP contribution in [0.15, 0.2) is 6.20 Å². The molecular formula is C7H7N3O3. The molecule has 1 amide bonds. The molecule has 0 radical (unpaired) electrons. The molecule has 2 rings (SSSR count). The molecule has 0 saturated heterocycles. The van der Waals surface area contributed by atoms with E-state index in [2.05, 4.69) is 15.5 Å². The van der Waals surface area contributed by atoms with E-state index in [0.29, 0.717) is 5.82 Å². The van der Waals surface area contributed by atoms with Crippen LogP contribution in [0.1, 0.15) is 5.56 Å². The summed E-state index contributed by atoms with van der Waals surface area (Å²) < 4.78 is 0. The van der Waals surface area contributed by atoms with Crippen LogP contribution in [0.25, 0.3) is 0 Å². The summed E-state index contributed by atoms with van der Waals surface area (Å²) in [6, 6.07) is 0. The van der Waals surface area contributed by atoms with Crippen molar-refractivity contribution in [2.45, 2.75) is 6.42 Å². The fraction of sp³-hybridized carbons (Fsp3) is 0.286. The van der Waals surface area contributed by atoms with E-state index >= 15 is 0 Å². The molecular weight excluding hydrogens is 174 g/mol. The third kappa shape index (κ3) is 1.16. The van der Waals surface area contributed by atoms with E-state index < -0.39 is 17.8 Å². The molecule has 0 fully saturated rings. The lowest BCUT2D eigenvalue weighted by atomic mass is 9.97. The first kappa shape index (κ1) is 7.78. The van der Waals surface area contributed by atoms with E-state index in [1.54, 1.807) is 6.20 Å². The lowest BCUT2D eigenvalue weighted by Gasteiger charge is -2.16. The first-order chi connectivity index (χ1) is 6.18. The average molecular weight is 181 g/mol. The molecule has 6 heteroatoms. The summed E-state index contributed by atoms with van der Waals surface area (Å²) in [5.74, 6) is -2.18. The van der Waals surface area contributed by atoms with Crippen LogP contribution < -0.4 is 5.32 Å². The Bertz CT molecular complexity index is 371. The van der Waals surface area contributed by atoms with Gasteiger partial charge in [-0.05, 0) is 6.42 Å². The van der Waals surface area contributed by atoms with Gasteiger partial charge in [0.05, 0.1) is 0 Å². The van der Waals surface area contributed by atoms with Crippen molar-refractivity contribution in [2.75, 3.05) is 5.32 Å². The molecule has 1 aliphatic heterocycles. The van der Waals surface area contributed by atoms with Crippen molar-refractivity contribution in [1.82, 2.24) is 10.2 Å². The van der Waals surface area contributed by atoms with Crippen LogP contribution in [0.5, 0.6) is 0 Å². The molecule has 1 atom stereocenters. The standard InChI is InChI=1S/C7H7N3O3/c11-6-4(7(12)13)1-3-2-8-10-5(3)9-6/h2,4H,1H2,(H,12,13)(H2,8,9,10,11). The third-order valence-electron chi connectivity index (χ3n) is 2.00. The Labute approximate surface area is 72.9 Å². The Morgan fingerprint density at radius 1 is 1.69 bits per heavy atom. The number of aromatic nitrogens is 2. The zero-order valence-electron chi connectivity index (χ0n) is 6.57. The number of rotatable bonds is 1. The number of aliphatic carboxylic acids is 1. The molecule has 1 unspecified atom stereocenters. The number of nitrogens with one attached hydrogen (secondary N) is 2. The summed E-state index contributed by atoms with van der Waals surface area (Å²) >= 11 is 0. The minimum Gasteiger partial charge on any atom is -0.481 e. The predicted octanol–water partition coefficient (Wildman–Crippen LogP) is -0.395. The van der Waals surface area contributed by atoms with Crippen LogP contribution in [0.2, 0.25) is 0 Å². The van der Waals surface area contributed by atoms with Gasteiger partial charge >= 0.3 is 5.97 Å². The van der Waals surface area contributed by atoms with Gasteiger partial charge in [-0.15, -0.1) is 0 Å². The maximum absolute atomic E-state index is 11.2. The van der Waals surface area contributed by atoms with E-state index in [1.807, 2.05) is 0 Å². The highest BCUT2D eigenvalue weighted by atomic mass is 16.4. The highest BCUT2D eigenvalue weighted by Crippen LogP contribution is 2.22. The van der Waals surface area contributed by atoms with Crippen LogP contribution in [0, 0.1) is 5.92 Å². The first-order valence-electron chi connectivity index (χ1n) is 3.75. The SMILES string of the molecule is O=C(O)C1Cc2c[nH]nc2NC1=O. The van der Waals surface area contributed by atoms with E-state index in [0.717, 1.165) is 5.56 Å². The summed E-state index contributed by atoms with van der Waals surface area (Å²) in [5, 5.41) is 17.4. The third-order valence-corrected chi connectivity index (χ3v) is 2.00. The van der Waals surface area contributed by atoms with E-state index in [1.165, 1.54) is 0 Å². The van der Waals surface area contributed by atoms with E-state index in [9.17, 15) is 9.59 Å². The zero-order valence-corrected chi connectivity index (χ0v) is 6.57. The number of H-pyrrole nitrogens is 1. The number of carboxylic acid groups (broad SMARTS) is 1. The van der Waals surface area contributed by atoms with Gasteiger partial charge in [0.2, 0.25) is 5.91 Å². The highest BCUT2D eigenvalue weighted by Gasteiger charge is 2.32. The van der Waals surface area contributed by atoms with Gasteiger partial charge in [-0.1, -0.05) is 0 Å². The highest BCUT2D eigenvalue weighted by molar-refractivity contribution is 6.05. The van der Waals surface area contributed by atoms with E-state index in [4.69, 9.17) is 5.11 Å². The Hall–Kier alpha value is -1.85. The van der Waals surface area contributed by atoms with Gasteiger partial charge < -0.3 is 10.4 Å². The summed E-state index contributed by atoms with van der Waals surface area (Å²) in [6.07, 6.45) is 1.79. The average Bonchev–Trinajstić information content (AvgIpc) is 2.48. The van der Waals surface area contributed by atoms with Crippen LogP contribution in [-0.2, 0) is 16.0 Å². The van der Waals surface area contributed by atoms with Crippen molar-refractivity contribution in [3.8, 4) is 0 Å². The smallest absolute Gasteiger partial charge is 0.316 e. The van der Waals surface area contributed by atoms with Crippen molar-refractivity contribution in [2.24, 2.45) is 5.92 Å². The van der Waals surface area contributed by atoms with Crippen molar-refractivity contribution in [3.05, 3.63) is 11.8 Å². The lowest BCUT2D eigenvalue weighted by Crippen LogP contribution is -2.35. The summed E-state index contributed by atoms with van der Waals surface area (Å²) in [5.41, 5.74) is 0.729. The lowest BCUT2D eigenvalue weighted by molar-refractivity contribution is -0.145. The molecule has 13 heavy (non-hydrogen) atoms. The van der Waals surface area contributed by atoms with Gasteiger partial charge in [0.1, 0.15) is 5.92 Å². The number of fused-ring (bicyclic) bond motifs is 1. The first-order valence-corrected chi connectivity index (χ1v) is 3.75. The zero-order chi connectivity index (χ0) is 9.42. The maximum atomic E-state index is 11.2. The van der Waals surface area contributed by atoms with Crippen molar-refractivity contribution >= 4 is 17.7 Å². The second-order valence-electron chi connectivity index (χ2n) is 2.84. The topological polar surface area (TPSA) is 95.1 Å². The van der Waals surface area contributed by atoms with Crippen molar-refractivity contribution in [3.63, 3.8) is 0 Å². The largest absolute Gasteiger partial charge is 0.481 e. The second-order valence-corrected chi connectivity index (χ2v) is 2.84. The summed E-state index contributed by atoms with van der Waals surface area (Å²) in [4.78, 5) is 21.8. The quantitative estimate of drug-likeness (QED) is 0.514. The number of carbonyl (C=O) groups is 2. The number of nitrogens with zero attached hydrogens (tertiary/aromatic N) is 1. The minimum atomic E-state index is -1.11. The van der Waals surface area contributed by atoms with Crippen LogP contribution in [-0.4, -0.2) is 27.2 Å². The number of carbonyl (C=O) groups excluding carboxylic acids is 1. The Kier molecular flexibility index (Phi) is 1.54. The molecule has 6 nitrogen and oxygen atoms in total. The number of hydrogen-bond donors (Lipinski definition) is 3. The molecule has 2 heterocycles. The second kappa shape index (κ2) is 2.58. The Balaban J connectivity index is 2.32. The van der Waals surface area contributed by atoms with Gasteiger partial charge in [0.15, 0.2) is 5.82 Å². The van der Waals surface area contributed by atoms with Crippen LogP contribution in [0.4, 0.5) is 5.82 Å². The molecule has 0 saturated carbocycles. The molecule has 1 aromatic heterocycles. The predicted molar refractivity (Wildman–Crippen MR) is 42.0 cm³/mol. The molecule has 3 N–H and O–H groups in total. The monoisotopic (exact) mass is 181 g/mol. The normalized spacial score (nSPS) is 20.6. The van der Waals surface area contributed by atoms with Crippen LogP contribution >= 0.6 is 0 Å². The van der Waals surface area contributed by atoms with Crippen LogP contribution in [0.3, 0.4) is 0 Å². The Morgan fingerprint density at radius 3 is 3.15 bits per heavy atom. The van der Waals surface area contributed by atoms with Crippen molar-refractivity contribution < 1.29 is 14.7 Å². The fourth-order valence-electron chi connectivity index (χ4n) is 1.29. The molecule has 0 aliphatic carbocycles. The van der Waals surface area contributed by atoms with Gasteiger partial charge in [0.25, 0.3) is 0 Å². The summed E-state index contributed by atoms with van der Waals surface area (Å²) in [7, 11) is 0. The number of anilines is 1. The Morgan fingerprint density at radius 2 is 2.46 bits per heavy atom.